The van der Waals surface area contributed by atoms with Crippen LogP contribution in [-0.4, -0.2) is 67.2 Å². The maximum atomic E-state index is 12.9. The molecule has 1 aliphatic carbocycles. The van der Waals surface area contributed by atoms with Gasteiger partial charge in [-0.25, -0.2) is 0 Å². The highest BCUT2D eigenvalue weighted by Crippen LogP contribution is 2.35. The number of aryl methyl sites for hydroxylation is 3. The van der Waals surface area contributed by atoms with Gasteiger partial charge in [0.05, 0.1) is 5.69 Å². The van der Waals surface area contributed by atoms with Crippen LogP contribution < -0.4 is 0 Å². The van der Waals surface area contributed by atoms with E-state index in [1.54, 1.807) is 6.92 Å². The van der Waals surface area contributed by atoms with Gasteiger partial charge in [-0.3, -0.25) is 14.3 Å². The quantitative estimate of drug-likeness (QED) is 0.623. The molecule has 1 atom stereocenters. The Labute approximate surface area is 189 Å². The maximum absolute atomic E-state index is 12.9. The number of piperidine rings is 1. The summed E-state index contributed by atoms with van der Waals surface area (Å²) in [6.07, 6.45) is 6.24. The summed E-state index contributed by atoms with van der Waals surface area (Å²) in [5, 5.41) is 8.55. The second kappa shape index (κ2) is 9.83. The first-order valence-corrected chi connectivity index (χ1v) is 11.8. The van der Waals surface area contributed by atoms with Crippen molar-refractivity contribution >= 4 is 11.8 Å². The lowest BCUT2D eigenvalue weighted by Gasteiger charge is -2.39. The highest BCUT2D eigenvalue weighted by molar-refractivity contribution is 5.77. The van der Waals surface area contributed by atoms with Gasteiger partial charge in [0.1, 0.15) is 0 Å². The van der Waals surface area contributed by atoms with E-state index in [0.717, 1.165) is 49.5 Å². The van der Waals surface area contributed by atoms with Crippen LogP contribution in [0.3, 0.4) is 0 Å². The average molecular weight is 443 g/mol. The lowest BCUT2D eigenvalue weighted by molar-refractivity contribution is -0.138. The molecule has 9 nitrogen and oxygen atoms in total. The number of nitrogens with zero attached hydrogens (tertiary/aromatic N) is 6. The smallest absolute Gasteiger partial charge is 0.229 e. The SMILES string of the molecule is CC(=O)N(CCc1noc(C2CCC2)n1)C1CCCN(C(=O)CCn2nc(C)cc2C)C1. The molecule has 1 saturated heterocycles. The molecule has 0 aromatic carbocycles. The van der Waals surface area contributed by atoms with Gasteiger partial charge < -0.3 is 14.3 Å². The zero-order valence-electron chi connectivity index (χ0n) is 19.4. The normalized spacial score (nSPS) is 19.1. The average Bonchev–Trinajstić information content (AvgIpc) is 3.30. The summed E-state index contributed by atoms with van der Waals surface area (Å²) in [7, 11) is 0. The first-order valence-electron chi connectivity index (χ1n) is 11.8. The highest BCUT2D eigenvalue weighted by atomic mass is 16.5. The van der Waals surface area contributed by atoms with Crippen LogP contribution in [-0.2, 0) is 22.6 Å². The van der Waals surface area contributed by atoms with E-state index in [9.17, 15) is 9.59 Å². The second-order valence-corrected chi connectivity index (χ2v) is 9.18. The topological polar surface area (TPSA) is 97.4 Å². The van der Waals surface area contributed by atoms with Crippen LogP contribution in [0.25, 0.3) is 0 Å². The number of amides is 2. The summed E-state index contributed by atoms with van der Waals surface area (Å²) in [5.41, 5.74) is 2.03. The minimum Gasteiger partial charge on any atom is -0.341 e. The van der Waals surface area contributed by atoms with Crippen LogP contribution in [0, 0.1) is 13.8 Å². The summed E-state index contributed by atoms with van der Waals surface area (Å²) in [4.78, 5) is 33.6. The predicted molar refractivity (Wildman–Crippen MR) is 118 cm³/mol. The van der Waals surface area contributed by atoms with E-state index < -0.39 is 0 Å². The van der Waals surface area contributed by atoms with Crippen LogP contribution in [0.5, 0.6) is 0 Å². The lowest BCUT2D eigenvalue weighted by Crippen LogP contribution is -2.51. The van der Waals surface area contributed by atoms with Crippen LogP contribution in [0.4, 0.5) is 0 Å². The molecular formula is C23H34N6O3. The molecule has 1 aliphatic heterocycles. The van der Waals surface area contributed by atoms with Crippen molar-refractivity contribution < 1.29 is 14.1 Å². The Morgan fingerprint density at radius 3 is 2.69 bits per heavy atom. The molecular weight excluding hydrogens is 408 g/mol. The zero-order chi connectivity index (χ0) is 22.7. The number of hydrogen-bond donors (Lipinski definition) is 0. The molecule has 2 aliphatic rings. The Kier molecular flexibility index (Phi) is 6.91. The second-order valence-electron chi connectivity index (χ2n) is 9.18. The Hall–Kier alpha value is -2.71. The van der Waals surface area contributed by atoms with Crippen LogP contribution in [0.1, 0.15) is 74.5 Å². The van der Waals surface area contributed by atoms with Crippen molar-refractivity contribution in [3.05, 3.63) is 29.2 Å². The number of carbonyl (C=O) groups excluding carboxylic acids is 2. The molecule has 0 spiro atoms. The summed E-state index contributed by atoms with van der Waals surface area (Å²) < 4.78 is 7.29. The van der Waals surface area contributed by atoms with E-state index in [1.807, 2.05) is 34.4 Å². The summed E-state index contributed by atoms with van der Waals surface area (Å²) in [6, 6.07) is 2.04. The molecule has 174 valence electrons. The fraction of sp³-hybridized carbons (Fsp3) is 0.696. The molecule has 3 heterocycles. The van der Waals surface area contributed by atoms with Crippen molar-refractivity contribution in [2.24, 2.45) is 0 Å². The Bertz CT molecular complexity index is 947. The molecule has 2 amide bonds. The molecule has 0 bridgehead atoms. The largest absolute Gasteiger partial charge is 0.341 e. The third kappa shape index (κ3) is 5.19. The van der Waals surface area contributed by atoms with E-state index >= 15 is 0 Å². The van der Waals surface area contributed by atoms with Gasteiger partial charge in [0.25, 0.3) is 0 Å². The van der Waals surface area contributed by atoms with E-state index in [0.29, 0.717) is 44.2 Å². The van der Waals surface area contributed by atoms with Gasteiger partial charge >= 0.3 is 0 Å². The first kappa shape index (κ1) is 22.5. The molecule has 0 N–H and O–H groups in total. The van der Waals surface area contributed by atoms with E-state index in [1.165, 1.54) is 6.42 Å². The monoisotopic (exact) mass is 442 g/mol. The van der Waals surface area contributed by atoms with Crippen molar-refractivity contribution in [1.82, 2.24) is 29.7 Å². The zero-order valence-corrected chi connectivity index (χ0v) is 19.4. The summed E-state index contributed by atoms with van der Waals surface area (Å²) in [5.74, 6) is 1.95. The molecule has 1 saturated carbocycles. The number of aromatic nitrogens is 4. The van der Waals surface area contributed by atoms with Crippen molar-refractivity contribution in [1.29, 1.82) is 0 Å². The number of hydrogen-bond acceptors (Lipinski definition) is 6. The van der Waals surface area contributed by atoms with Gasteiger partial charge in [-0.15, -0.1) is 0 Å². The van der Waals surface area contributed by atoms with Gasteiger partial charge in [-0.05, 0) is 45.6 Å². The Balaban J connectivity index is 1.31. The van der Waals surface area contributed by atoms with Crippen LogP contribution >= 0.6 is 0 Å². The van der Waals surface area contributed by atoms with Gasteiger partial charge in [0.15, 0.2) is 5.82 Å². The van der Waals surface area contributed by atoms with Gasteiger partial charge in [0, 0.05) is 63.6 Å². The molecule has 1 unspecified atom stereocenters. The van der Waals surface area contributed by atoms with Crippen LogP contribution in [0.2, 0.25) is 0 Å². The van der Waals surface area contributed by atoms with Gasteiger partial charge in [0.2, 0.25) is 17.7 Å². The van der Waals surface area contributed by atoms with Crippen molar-refractivity contribution in [2.75, 3.05) is 19.6 Å². The van der Waals surface area contributed by atoms with Gasteiger partial charge in [-0.1, -0.05) is 11.6 Å². The van der Waals surface area contributed by atoms with Crippen molar-refractivity contribution in [3.63, 3.8) is 0 Å². The van der Waals surface area contributed by atoms with Crippen molar-refractivity contribution in [2.45, 2.75) is 84.2 Å². The van der Waals surface area contributed by atoms with E-state index in [2.05, 4.69) is 15.2 Å². The van der Waals surface area contributed by atoms with Gasteiger partial charge in [-0.2, -0.15) is 10.1 Å². The van der Waals surface area contributed by atoms with E-state index in [4.69, 9.17) is 4.52 Å². The lowest BCUT2D eigenvalue weighted by atomic mass is 9.85. The fourth-order valence-corrected chi connectivity index (χ4v) is 4.70. The number of rotatable bonds is 8. The summed E-state index contributed by atoms with van der Waals surface area (Å²) >= 11 is 0. The number of likely N-dealkylation sites (tertiary alicyclic amines) is 1. The molecule has 9 heteroatoms. The molecule has 2 fully saturated rings. The van der Waals surface area contributed by atoms with Crippen LogP contribution in [0.15, 0.2) is 10.6 Å². The van der Waals surface area contributed by atoms with Crippen molar-refractivity contribution in [3.8, 4) is 0 Å². The minimum atomic E-state index is 0.0228. The third-order valence-corrected chi connectivity index (χ3v) is 6.75. The minimum absolute atomic E-state index is 0.0228. The highest BCUT2D eigenvalue weighted by Gasteiger charge is 2.30. The fourth-order valence-electron chi connectivity index (χ4n) is 4.70. The molecule has 2 aromatic heterocycles. The predicted octanol–water partition coefficient (Wildman–Crippen LogP) is 2.62. The standard InChI is InChI=1S/C23H34N6O3/c1-16-14-17(2)29(25-16)13-10-22(31)27-11-5-8-20(15-27)28(18(3)30)12-9-21-24-23(32-26-21)19-6-4-7-19/h14,19-20H,4-13,15H2,1-3H3. The first-order chi connectivity index (χ1) is 15.4. The molecule has 32 heavy (non-hydrogen) atoms. The molecule has 0 radical (unpaired) electrons. The maximum Gasteiger partial charge on any atom is 0.229 e. The molecule has 4 rings (SSSR count). The third-order valence-electron chi connectivity index (χ3n) is 6.75. The number of carbonyl (C=O) groups is 2. The summed E-state index contributed by atoms with van der Waals surface area (Å²) in [6.45, 7) is 8.00. The van der Waals surface area contributed by atoms with E-state index in [-0.39, 0.29) is 17.9 Å². The molecule has 2 aromatic rings. The Morgan fingerprint density at radius 1 is 1.22 bits per heavy atom. The Morgan fingerprint density at radius 2 is 2.03 bits per heavy atom.